The van der Waals surface area contributed by atoms with Gasteiger partial charge in [0.1, 0.15) is 5.54 Å². The van der Waals surface area contributed by atoms with Crippen LogP contribution in [0.25, 0.3) is 0 Å². The summed E-state index contributed by atoms with van der Waals surface area (Å²) in [7, 11) is -3.67. The zero-order valence-corrected chi connectivity index (χ0v) is 18.6. The smallest absolute Gasteiger partial charge is 0.247 e. The SMILES string of the molecule is Cc1ccc(N2C(=O)CN(S(C)(=O)=O)CC2(C)C(=O)NCc2ccccc2)cc1Cl. The van der Waals surface area contributed by atoms with Gasteiger partial charge in [-0.05, 0) is 37.1 Å². The fourth-order valence-corrected chi connectivity index (χ4v) is 4.50. The fourth-order valence-electron chi connectivity index (χ4n) is 3.49. The standard InChI is InChI=1S/C21H24ClN3O4S/c1-15-9-10-17(11-18(15)22)25-19(26)13-24(30(3,28)29)14-21(25,2)20(27)23-12-16-7-5-4-6-8-16/h4-11H,12-14H2,1-3H3,(H,23,27). The lowest BCUT2D eigenvalue weighted by molar-refractivity contribution is -0.133. The molecule has 1 atom stereocenters. The number of amides is 2. The van der Waals surface area contributed by atoms with Crippen molar-refractivity contribution in [2.24, 2.45) is 0 Å². The van der Waals surface area contributed by atoms with Crippen molar-refractivity contribution in [2.45, 2.75) is 25.9 Å². The van der Waals surface area contributed by atoms with Crippen LogP contribution in [-0.2, 0) is 26.2 Å². The summed E-state index contributed by atoms with van der Waals surface area (Å²) in [4.78, 5) is 27.7. The molecule has 7 nitrogen and oxygen atoms in total. The molecule has 0 spiro atoms. The van der Waals surface area contributed by atoms with E-state index in [-0.39, 0.29) is 19.6 Å². The molecule has 2 aromatic rings. The van der Waals surface area contributed by atoms with Gasteiger partial charge in [0.25, 0.3) is 0 Å². The second-order valence-corrected chi connectivity index (χ2v) is 10.0. The van der Waals surface area contributed by atoms with Crippen LogP contribution in [0.4, 0.5) is 5.69 Å². The topological polar surface area (TPSA) is 86.8 Å². The van der Waals surface area contributed by atoms with Crippen LogP contribution in [0.15, 0.2) is 48.5 Å². The summed E-state index contributed by atoms with van der Waals surface area (Å²) in [6.07, 6.45) is 1.03. The molecule has 1 aliphatic heterocycles. The lowest BCUT2D eigenvalue weighted by Gasteiger charge is -2.46. The second-order valence-electron chi connectivity index (χ2n) is 7.64. The first-order chi connectivity index (χ1) is 14.0. The van der Waals surface area contributed by atoms with Gasteiger partial charge in [-0.3, -0.25) is 14.5 Å². The number of hydrogen-bond acceptors (Lipinski definition) is 4. The van der Waals surface area contributed by atoms with E-state index in [1.165, 1.54) is 4.90 Å². The zero-order valence-electron chi connectivity index (χ0n) is 17.1. The van der Waals surface area contributed by atoms with Crippen LogP contribution in [0.3, 0.4) is 0 Å². The second kappa shape index (κ2) is 8.37. The highest BCUT2D eigenvalue weighted by Crippen LogP contribution is 2.33. The molecule has 160 valence electrons. The van der Waals surface area contributed by atoms with Crippen LogP contribution in [0.2, 0.25) is 5.02 Å². The molecule has 1 aliphatic rings. The minimum Gasteiger partial charge on any atom is -0.350 e. The van der Waals surface area contributed by atoms with Crippen LogP contribution >= 0.6 is 11.6 Å². The van der Waals surface area contributed by atoms with Crippen molar-refractivity contribution in [1.82, 2.24) is 9.62 Å². The van der Waals surface area contributed by atoms with Crippen LogP contribution in [0.1, 0.15) is 18.1 Å². The summed E-state index contributed by atoms with van der Waals surface area (Å²) in [6.45, 7) is 3.15. The summed E-state index contributed by atoms with van der Waals surface area (Å²) in [5, 5.41) is 3.30. The average Bonchev–Trinajstić information content (AvgIpc) is 2.68. The predicted octanol–water partition coefficient (Wildman–Crippen LogP) is 2.33. The van der Waals surface area contributed by atoms with Crippen LogP contribution in [0, 0.1) is 6.92 Å². The molecule has 1 N–H and O–H groups in total. The molecule has 0 aromatic heterocycles. The molecule has 9 heteroatoms. The number of piperazine rings is 1. The summed E-state index contributed by atoms with van der Waals surface area (Å²) >= 11 is 6.25. The van der Waals surface area contributed by atoms with E-state index in [0.29, 0.717) is 10.7 Å². The molecule has 0 radical (unpaired) electrons. The van der Waals surface area contributed by atoms with Crippen LogP contribution < -0.4 is 10.2 Å². The molecular formula is C21H24ClN3O4S. The highest BCUT2D eigenvalue weighted by Gasteiger charge is 2.50. The molecule has 2 amide bonds. The quantitative estimate of drug-likeness (QED) is 0.759. The number of anilines is 1. The van der Waals surface area contributed by atoms with Gasteiger partial charge in [0.15, 0.2) is 0 Å². The Balaban J connectivity index is 1.98. The van der Waals surface area contributed by atoms with Crippen LogP contribution in [0.5, 0.6) is 0 Å². The van der Waals surface area contributed by atoms with Crippen molar-refractivity contribution in [2.75, 3.05) is 24.2 Å². The van der Waals surface area contributed by atoms with E-state index in [0.717, 1.165) is 21.7 Å². The first-order valence-electron chi connectivity index (χ1n) is 9.39. The maximum absolute atomic E-state index is 13.3. The number of benzene rings is 2. The summed E-state index contributed by atoms with van der Waals surface area (Å²) in [5.41, 5.74) is 0.715. The average molecular weight is 450 g/mol. The van der Waals surface area contributed by atoms with Gasteiger partial charge in [-0.15, -0.1) is 0 Å². The first-order valence-corrected chi connectivity index (χ1v) is 11.6. The largest absolute Gasteiger partial charge is 0.350 e. The number of halogens is 1. The number of carbonyl (C=O) groups excluding carboxylic acids is 2. The fraction of sp³-hybridized carbons (Fsp3) is 0.333. The van der Waals surface area contributed by atoms with E-state index in [9.17, 15) is 18.0 Å². The minimum absolute atomic E-state index is 0.163. The van der Waals surface area contributed by atoms with E-state index in [1.54, 1.807) is 25.1 Å². The van der Waals surface area contributed by atoms with Gasteiger partial charge in [-0.25, -0.2) is 8.42 Å². The predicted molar refractivity (Wildman–Crippen MR) is 117 cm³/mol. The van der Waals surface area contributed by atoms with Gasteiger partial charge < -0.3 is 5.32 Å². The normalized spacial score (nSPS) is 20.3. The first kappa shape index (κ1) is 22.3. The third-order valence-electron chi connectivity index (χ3n) is 5.21. The van der Waals surface area contributed by atoms with Crippen LogP contribution in [-0.4, -0.2) is 49.4 Å². The summed E-state index contributed by atoms with van der Waals surface area (Å²) < 4.78 is 25.4. The number of aryl methyl sites for hydroxylation is 1. The number of nitrogens with zero attached hydrogens (tertiary/aromatic N) is 2. The Kier molecular flexibility index (Phi) is 6.21. The van der Waals surface area contributed by atoms with E-state index in [4.69, 9.17) is 11.6 Å². The number of nitrogens with one attached hydrogen (secondary N) is 1. The van der Waals surface area contributed by atoms with Gasteiger partial charge in [0, 0.05) is 23.8 Å². The molecular weight excluding hydrogens is 426 g/mol. The van der Waals surface area contributed by atoms with Crippen molar-refractivity contribution in [3.63, 3.8) is 0 Å². The van der Waals surface area contributed by atoms with E-state index >= 15 is 0 Å². The number of hydrogen-bond donors (Lipinski definition) is 1. The third kappa shape index (κ3) is 4.50. The molecule has 3 rings (SSSR count). The Labute approximate surface area is 181 Å². The van der Waals surface area contributed by atoms with Crippen molar-refractivity contribution in [1.29, 1.82) is 0 Å². The van der Waals surface area contributed by atoms with Crippen molar-refractivity contribution in [3.8, 4) is 0 Å². The number of sulfonamides is 1. The van der Waals surface area contributed by atoms with Gasteiger partial charge >= 0.3 is 0 Å². The maximum Gasteiger partial charge on any atom is 0.247 e. The Morgan fingerprint density at radius 1 is 1.20 bits per heavy atom. The summed E-state index contributed by atoms with van der Waals surface area (Å²) in [6, 6.07) is 14.4. The molecule has 1 heterocycles. The lowest BCUT2D eigenvalue weighted by Crippen LogP contribution is -2.70. The van der Waals surface area contributed by atoms with Crippen molar-refractivity contribution in [3.05, 3.63) is 64.7 Å². The van der Waals surface area contributed by atoms with E-state index in [1.807, 2.05) is 37.3 Å². The molecule has 1 saturated heterocycles. The Bertz CT molecular complexity index is 1070. The zero-order chi connectivity index (χ0) is 22.1. The highest BCUT2D eigenvalue weighted by atomic mass is 35.5. The Morgan fingerprint density at radius 3 is 2.47 bits per heavy atom. The maximum atomic E-state index is 13.3. The number of carbonyl (C=O) groups is 2. The van der Waals surface area contributed by atoms with Crippen molar-refractivity contribution >= 4 is 39.1 Å². The van der Waals surface area contributed by atoms with Gasteiger partial charge in [-0.2, -0.15) is 4.31 Å². The third-order valence-corrected chi connectivity index (χ3v) is 6.81. The van der Waals surface area contributed by atoms with E-state index in [2.05, 4.69) is 5.32 Å². The molecule has 1 unspecified atom stereocenters. The monoisotopic (exact) mass is 449 g/mol. The van der Waals surface area contributed by atoms with Gasteiger partial charge in [0.2, 0.25) is 21.8 Å². The molecule has 2 aromatic carbocycles. The molecule has 0 saturated carbocycles. The highest BCUT2D eigenvalue weighted by molar-refractivity contribution is 7.88. The van der Waals surface area contributed by atoms with Gasteiger partial charge in [0.05, 0.1) is 12.8 Å². The minimum atomic E-state index is -3.67. The van der Waals surface area contributed by atoms with E-state index < -0.39 is 27.4 Å². The van der Waals surface area contributed by atoms with Gasteiger partial charge in [-0.1, -0.05) is 48.0 Å². The molecule has 0 bridgehead atoms. The number of rotatable bonds is 5. The Hall–Kier alpha value is -2.42. The summed E-state index contributed by atoms with van der Waals surface area (Å²) in [5.74, 6) is -0.950. The van der Waals surface area contributed by atoms with Crippen molar-refractivity contribution < 1.29 is 18.0 Å². The molecule has 0 aliphatic carbocycles. The lowest BCUT2D eigenvalue weighted by atomic mass is 9.94. The molecule has 1 fully saturated rings. The Morgan fingerprint density at radius 2 is 1.87 bits per heavy atom. The molecule has 30 heavy (non-hydrogen) atoms.